The van der Waals surface area contributed by atoms with Gasteiger partial charge < -0.3 is 4.74 Å². The first-order chi connectivity index (χ1) is 13.4. The molecule has 3 aromatic carbocycles. The fourth-order valence-electron chi connectivity index (χ4n) is 3.01. The van der Waals surface area contributed by atoms with Gasteiger partial charge in [-0.2, -0.15) is 0 Å². The third-order valence-corrected chi connectivity index (χ3v) is 5.55. The molecule has 0 aliphatic heterocycles. The normalized spacial score (nSPS) is 11.3. The van der Waals surface area contributed by atoms with Gasteiger partial charge in [0.1, 0.15) is 22.8 Å². The Morgan fingerprint density at radius 2 is 1.68 bits per heavy atom. The number of hydrogen-bond donors (Lipinski definition) is 1. The third-order valence-electron chi connectivity index (χ3n) is 4.23. The number of imidazole rings is 1. The van der Waals surface area contributed by atoms with Gasteiger partial charge in [-0.1, -0.05) is 35.3 Å². The van der Waals surface area contributed by atoms with Crippen LogP contribution in [0, 0.1) is 6.92 Å². The minimum atomic E-state index is -2.68. The zero-order chi connectivity index (χ0) is 19.8. The summed E-state index contributed by atoms with van der Waals surface area (Å²) in [6.07, 6.45) is 0. The smallest absolute Gasteiger partial charge is 0.168 e. The van der Waals surface area contributed by atoms with Crippen LogP contribution < -0.4 is 4.74 Å². The Morgan fingerprint density at radius 1 is 0.929 bits per heavy atom. The van der Waals surface area contributed by atoms with Gasteiger partial charge in [-0.3, -0.25) is 4.57 Å². The van der Waals surface area contributed by atoms with Crippen molar-refractivity contribution < 1.29 is 13.2 Å². The maximum atomic E-state index is 11.2. The number of para-hydroxylation sites is 1. The number of benzene rings is 3. The second-order valence-corrected chi connectivity index (χ2v) is 7.92. The maximum Gasteiger partial charge on any atom is 0.168 e. The van der Waals surface area contributed by atoms with Crippen molar-refractivity contribution in [1.29, 1.82) is 0 Å². The van der Waals surface area contributed by atoms with Crippen molar-refractivity contribution in [3.8, 4) is 17.2 Å². The Kier molecular flexibility index (Phi) is 5.02. The number of nitrogens with zero attached hydrogens (tertiary/aromatic N) is 2. The van der Waals surface area contributed by atoms with E-state index in [0.717, 1.165) is 11.3 Å². The Morgan fingerprint density at radius 3 is 2.46 bits per heavy atom. The molecule has 28 heavy (non-hydrogen) atoms. The largest absolute Gasteiger partial charge is 0.457 e. The molecule has 0 aliphatic rings. The summed E-state index contributed by atoms with van der Waals surface area (Å²) in [5, 5.41) is 1.08. The van der Waals surface area contributed by atoms with Gasteiger partial charge in [-0.25, -0.2) is 13.4 Å². The molecule has 0 amide bonds. The van der Waals surface area contributed by atoms with Crippen LogP contribution in [-0.2, 0) is 10.7 Å². The molecule has 0 radical (unpaired) electrons. The average Bonchev–Trinajstić information content (AvgIpc) is 3.01. The van der Waals surface area contributed by atoms with Gasteiger partial charge >= 0.3 is 0 Å². The first kappa shape index (κ1) is 18.8. The molecule has 8 heteroatoms. The summed E-state index contributed by atoms with van der Waals surface area (Å²) in [6, 6.07) is 17.1. The van der Waals surface area contributed by atoms with Crippen LogP contribution in [0.15, 0.2) is 65.6 Å². The molecule has 0 atom stereocenters. The fourth-order valence-corrected chi connectivity index (χ4v) is 3.86. The number of ether oxygens (including phenoxy) is 1. The molecule has 0 N–H and O–H groups in total. The van der Waals surface area contributed by atoms with E-state index >= 15 is 0 Å². The van der Waals surface area contributed by atoms with Gasteiger partial charge in [0.2, 0.25) is 0 Å². The van der Waals surface area contributed by atoms with Crippen LogP contribution in [0.5, 0.6) is 11.5 Å². The lowest BCUT2D eigenvalue weighted by Crippen LogP contribution is -1.98. The van der Waals surface area contributed by atoms with E-state index < -0.39 is 10.7 Å². The standard InChI is InChI=1S/C20H14Cl2N2O3S/c1-12-23-20-17(22)6-3-7-18(20)24(12)19-11-14(8-9-16(19)21)27-13-4-2-5-15(10-13)28(25)26/h2-11,28H,1H3. The molecule has 4 aromatic rings. The van der Waals surface area contributed by atoms with E-state index in [-0.39, 0.29) is 4.90 Å². The Hall–Kier alpha value is -2.54. The lowest BCUT2D eigenvalue weighted by atomic mass is 10.2. The predicted molar refractivity (Wildman–Crippen MR) is 111 cm³/mol. The van der Waals surface area contributed by atoms with Gasteiger partial charge in [0, 0.05) is 6.07 Å². The molecular weight excluding hydrogens is 419 g/mol. The monoisotopic (exact) mass is 432 g/mol. The molecule has 142 valence electrons. The number of hydrogen-bond acceptors (Lipinski definition) is 4. The number of halogens is 2. The molecule has 0 fully saturated rings. The zero-order valence-corrected chi connectivity index (χ0v) is 17.0. The molecule has 1 aromatic heterocycles. The number of fused-ring (bicyclic) bond motifs is 1. The number of thiol groups is 1. The molecule has 0 spiro atoms. The van der Waals surface area contributed by atoms with E-state index in [0.29, 0.717) is 32.7 Å². The summed E-state index contributed by atoms with van der Waals surface area (Å²) in [7, 11) is -2.68. The molecule has 0 saturated carbocycles. The first-order valence-corrected chi connectivity index (χ1v) is 10.2. The highest BCUT2D eigenvalue weighted by molar-refractivity contribution is 7.72. The molecule has 0 saturated heterocycles. The van der Waals surface area contributed by atoms with Crippen LogP contribution in [0.25, 0.3) is 16.7 Å². The van der Waals surface area contributed by atoms with Gasteiger partial charge in [0.25, 0.3) is 0 Å². The highest BCUT2D eigenvalue weighted by atomic mass is 35.5. The lowest BCUT2D eigenvalue weighted by Gasteiger charge is -2.12. The number of aromatic nitrogens is 2. The van der Waals surface area contributed by atoms with E-state index in [2.05, 4.69) is 4.98 Å². The summed E-state index contributed by atoms with van der Waals surface area (Å²) < 4.78 is 30.1. The van der Waals surface area contributed by atoms with Crippen molar-refractivity contribution in [2.24, 2.45) is 0 Å². The number of aryl methyl sites for hydroxylation is 1. The summed E-state index contributed by atoms with van der Waals surface area (Å²) in [5.74, 6) is 1.66. The van der Waals surface area contributed by atoms with E-state index in [1.54, 1.807) is 36.4 Å². The van der Waals surface area contributed by atoms with Gasteiger partial charge in [0.05, 0.1) is 26.1 Å². The molecule has 0 bridgehead atoms. The topological polar surface area (TPSA) is 61.2 Å². The van der Waals surface area contributed by atoms with Crippen LogP contribution in [0.2, 0.25) is 10.0 Å². The highest BCUT2D eigenvalue weighted by Gasteiger charge is 2.15. The van der Waals surface area contributed by atoms with Gasteiger partial charge in [0.15, 0.2) is 10.7 Å². The summed E-state index contributed by atoms with van der Waals surface area (Å²) in [4.78, 5) is 4.73. The first-order valence-electron chi connectivity index (χ1n) is 8.30. The SMILES string of the molecule is Cc1nc2c(Cl)cccc2n1-c1cc(Oc2cccc([SH](=O)=O)c2)ccc1Cl. The minimum absolute atomic E-state index is 0.188. The van der Waals surface area contributed by atoms with Gasteiger partial charge in [-0.15, -0.1) is 0 Å². The Labute approximate surface area is 173 Å². The van der Waals surface area contributed by atoms with Crippen molar-refractivity contribution >= 4 is 44.9 Å². The van der Waals surface area contributed by atoms with Crippen LogP contribution in [0.4, 0.5) is 0 Å². The van der Waals surface area contributed by atoms with Crippen molar-refractivity contribution in [2.75, 3.05) is 0 Å². The van der Waals surface area contributed by atoms with E-state index in [1.165, 1.54) is 12.1 Å². The van der Waals surface area contributed by atoms with E-state index in [9.17, 15) is 8.42 Å². The Bertz CT molecular complexity index is 1270. The van der Waals surface area contributed by atoms with Crippen LogP contribution in [0.3, 0.4) is 0 Å². The average molecular weight is 433 g/mol. The third kappa shape index (κ3) is 3.46. The molecule has 0 aliphatic carbocycles. The number of rotatable bonds is 4. The summed E-state index contributed by atoms with van der Waals surface area (Å²) in [5.41, 5.74) is 2.21. The molecule has 5 nitrogen and oxygen atoms in total. The van der Waals surface area contributed by atoms with Crippen LogP contribution in [-0.4, -0.2) is 18.0 Å². The zero-order valence-electron chi connectivity index (χ0n) is 14.6. The van der Waals surface area contributed by atoms with Crippen LogP contribution >= 0.6 is 23.2 Å². The van der Waals surface area contributed by atoms with Crippen molar-refractivity contribution in [3.05, 3.63) is 76.5 Å². The highest BCUT2D eigenvalue weighted by Crippen LogP contribution is 2.33. The minimum Gasteiger partial charge on any atom is -0.457 e. The van der Waals surface area contributed by atoms with Crippen molar-refractivity contribution in [1.82, 2.24) is 9.55 Å². The molecule has 1 heterocycles. The summed E-state index contributed by atoms with van der Waals surface area (Å²) in [6.45, 7) is 1.87. The van der Waals surface area contributed by atoms with Gasteiger partial charge in [-0.05, 0) is 49.4 Å². The molecular formula is C20H14Cl2N2O3S. The van der Waals surface area contributed by atoms with Crippen molar-refractivity contribution in [2.45, 2.75) is 11.8 Å². The Balaban J connectivity index is 1.80. The second kappa shape index (κ2) is 7.47. The van der Waals surface area contributed by atoms with Crippen LogP contribution in [0.1, 0.15) is 5.82 Å². The van der Waals surface area contributed by atoms with Crippen molar-refractivity contribution in [3.63, 3.8) is 0 Å². The van der Waals surface area contributed by atoms with E-state index in [1.807, 2.05) is 23.6 Å². The predicted octanol–water partition coefficient (Wildman–Crippen LogP) is 5.40. The fraction of sp³-hybridized carbons (Fsp3) is 0.0500. The maximum absolute atomic E-state index is 11.2. The second-order valence-electron chi connectivity index (χ2n) is 6.07. The summed E-state index contributed by atoms with van der Waals surface area (Å²) >= 11 is 12.7. The molecule has 0 unspecified atom stereocenters. The van der Waals surface area contributed by atoms with E-state index in [4.69, 9.17) is 27.9 Å². The quantitative estimate of drug-likeness (QED) is 0.438. The molecule has 4 rings (SSSR count). The lowest BCUT2D eigenvalue weighted by molar-refractivity contribution is 0.480.